The smallest absolute Gasteiger partial charge is 0.461 e. The SMILES string of the molecule is CC(C(=O)OC1CCC1)N(Oc1ccccc1)[P+](=O)CCN. The van der Waals surface area contributed by atoms with E-state index in [4.69, 9.17) is 15.3 Å². The van der Waals surface area contributed by atoms with E-state index in [1.165, 1.54) is 4.83 Å². The van der Waals surface area contributed by atoms with E-state index in [0.717, 1.165) is 19.3 Å². The summed E-state index contributed by atoms with van der Waals surface area (Å²) in [5, 5.41) is 0. The van der Waals surface area contributed by atoms with Gasteiger partial charge in [0.1, 0.15) is 6.10 Å². The minimum absolute atomic E-state index is 0.0130. The zero-order valence-electron chi connectivity index (χ0n) is 12.7. The number of hydroxylamine groups is 1. The third kappa shape index (κ3) is 4.50. The molecule has 0 saturated heterocycles. The topological polar surface area (TPSA) is 81.9 Å². The molecule has 120 valence electrons. The van der Waals surface area contributed by atoms with Gasteiger partial charge in [-0.2, -0.15) is 0 Å². The molecule has 0 heterocycles. The van der Waals surface area contributed by atoms with Gasteiger partial charge in [-0.05, 0) is 42.9 Å². The Morgan fingerprint density at radius 2 is 2.09 bits per heavy atom. The van der Waals surface area contributed by atoms with E-state index in [1.54, 1.807) is 31.2 Å². The monoisotopic (exact) mass is 325 g/mol. The summed E-state index contributed by atoms with van der Waals surface area (Å²) < 4.78 is 17.7. The summed E-state index contributed by atoms with van der Waals surface area (Å²) in [5.41, 5.74) is 5.47. The van der Waals surface area contributed by atoms with E-state index in [-0.39, 0.29) is 18.8 Å². The van der Waals surface area contributed by atoms with Crippen molar-refractivity contribution in [1.82, 2.24) is 4.83 Å². The van der Waals surface area contributed by atoms with Gasteiger partial charge in [0.05, 0.1) is 4.83 Å². The van der Waals surface area contributed by atoms with Crippen LogP contribution >= 0.6 is 7.95 Å². The fourth-order valence-corrected chi connectivity index (χ4v) is 3.04. The van der Waals surface area contributed by atoms with Gasteiger partial charge in [0.2, 0.25) is 0 Å². The molecule has 0 radical (unpaired) electrons. The van der Waals surface area contributed by atoms with Crippen molar-refractivity contribution in [2.45, 2.75) is 38.3 Å². The second-order valence-electron chi connectivity index (χ2n) is 5.24. The number of benzene rings is 1. The van der Waals surface area contributed by atoms with Crippen LogP contribution in [0.2, 0.25) is 0 Å². The molecule has 2 atom stereocenters. The van der Waals surface area contributed by atoms with Crippen molar-refractivity contribution >= 4 is 13.9 Å². The van der Waals surface area contributed by atoms with Crippen LogP contribution in [0, 0.1) is 0 Å². The highest BCUT2D eigenvalue weighted by Gasteiger charge is 2.40. The molecular weight excluding hydrogens is 303 g/mol. The van der Waals surface area contributed by atoms with Crippen molar-refractivity contribution in [3.05, 3.63) is 30.3 Å². The minimum atomic E-state index is -1.92. The number of para-hydroxylation sites is 1. The van der Waals surface area contributed by atoms with E-state index < -0.39 is 20.0 Å². The van der Waals surface area contributed by atoms with Crippen molar-refractivity contribution in [3.63, 3.8) is 0 Å². The van der Waals surface area contributed by atoms with Gasteiger partial charge < -0.3 is 15.3 Å². The number of esters is 1. The predicted molar refractivity (Wildman–Crippen MR) is 83.6 cm³/mol. The van der Waals surface area contributed by atoms with Crippen molar-refractivity contribution in [1.29, 1.82) is 0 Å². The number of ether oxygens (including phenoxy) is 1. The summed E-state index contributed by atoms with van der Waals surface area (Å²) in [6, 6.07) is 8.19. The summed E-state index contributed by atoms with van der Waals surface area (Å²) in [7, 11) is -1.92. The molecule has 0 aliphatic heterocycles. The Hall–Kier alpha value is -1.49. The van der Waals surface area contributed by atoms with Crippen LogP contribution in [0.3, 0.4) is 0 Å². The lowest BCUT2D eigenvalue weighted by molar-refractivity contribution is -0.163. The number of carbonyl (C=O) groups excluding carboxylic acids is 1. The van der Waals surface area contributed by atoms with Gasteiger partial charge in [-0.25, -0.2) is 0 Å². The van der Waals surface area contributed by atoms with Crippen LogP contribution in [0.25, 0.3) is 0 Å². The van der Waals surface area contributed by atoms with Gasteiger partial charge in [0, 0.05) is 6.54 Å². The van der Waals surface area contributed by atoms with Crippen molar-refractivity contribution in [2.24, 2.45) is 5.73 Å². The standard InChI is InChI=1S/C15H22N2O4P/c1-12(15(18)20-13-8-5-9-13)17(22(19)11-10-16)21-14-6-3-2-4-7-14/h2-4,6-7,12-13H,5,8-11,16H2,1H3/q+1. The van der Waals surface area contributed by atoms with Gasteiger partial charge in [-0.15, -0.1) is 0 Å². The number of rotatable bonds is 8. The summed E-state index contributed by atoms with van der Waals surface area (Å²) in [4.78, 5) is 19.0. The van der Waals surface area contributed by atoms with Crippen LogP contribution in [0.1, 0.15) is 26.2 Å². The van der Waals surface area contributed by atoms with Crippen LogP contribution in [0.15, 0.2) is 30.3 Å². The molecule has 0 bridgehead atoms. The maximum absolute atomic E-state index is 12.3. The van der Waals surface area contributed by atoms with Crippen LogP contribution in [-0.2, 0) is 14.1 Å². The molecule has 1 aliphatic rings. The van der Waals surface area contributed by atoms with E-state index in [2.05, 4.69) is 0 Å². The summed E-state index contributed by atoms with van der Waals surface area (Å²) in [5.74, 6) is 0.104. The van der Waals surface area contributed by atoms with Crippen LogP contribution in [0.5, 0.6) is 5.75 Å². The zero-order valence-corrected chi connectivity index (χ0v) is 13.6. The molecule has 7 heteroatoms. The Labute approximate surface area is 131 Å². The number of nitrogens with two attached hydrogens (primary N) is 1. The molecule has 1 fully saturated rings. The fourth-order valence-electron chi connectivity index (χ4n) is 1.96. The normalized spacial score (nSPS) is 16.8. The van der Waals surface area contributed by atoms with E-state index in [0.29, 0.717) is 5.75 Å². The second-order valence-corrected chi connectivity index (χ2v) is 6.78. The molecule has 1 saturated carbocycles. The molecule has 1 aromatic carbocycles. The zero-order chi connectivity index (χ0) is 15.9. The highest BCUT2D eigenvalue weighted by atomic mass is 31.1. The average Bonchev–Trinajstić information content (AvgIpc) is 2.49. The number of carbonyl (C=O) groups is 1. The molecule has 22 heavy (non-hydrogen) atoms. The maximum Gasteiger partial charge on any atom is 0.472 e. The van der Waals surface area contributed by atoms with Gasteiger partial charge >= 0.3 is 13.9 Å². The molecule has 2 N–H and O–H groups in total. The molecular formula is C15H22N2O4P+. The molecule has 2 rings (SSSR count). The van der Waals surface area contributed by atoms with Crippen LogP contribution in [-0.4, -0.2) is 35.7 Å². The quantitative estimate of drug-likeness (QED) is 0.449. The largest absolute Gasteiger partial charge is 0.472 e. The van der Waals surface area contributed by atoms with E-state index in [1.807, 2.05) is 6.07 Å². The summed E-state index contributed by atoms with van der Waals surface area (Å²) >= 11 is 0. The lowest BCUT2D eigenvalue weighted by Gasteiger charge is -2.27. The second kappa shape index (κ2) is 8.22. The molecule has 1 aliphatic carbocycles. The third-order valence-corrected chi connectivity index (χ3v) is 5.00. The lowest BCUT2D eigenvalue weighted by Crippen LogP contribution is -2.41. The minimum Gasteiger partial charge on any atom is -0.461 e. The first kappa shape index (κ1) is 16.9. The van der Waals surface area contributed by atoms with E-state index >= 15 is 0 Å². The molecule has 2 unspecified atom stereocenters. The molecule has 0 spiro atoms. The van der Waals surface area contributed by atoms with Crippen LogP contribution in [0.4, 0.5) is 0 Å². The van der Waals surface area contributed by atoms with Crippen molar-refractivity contribution < 1.29 is 18.9 Å². The molecule has 0 aromatic heterocycles. The van der Waals surface area contributed by atoms with Gasteiger partial charge in [-0.1, -0.05) is 18.2 Å². The Bertz CT molecular complexity index is 508. The van der Waals surface area contributed by atoms with Crippen molar-refractivity contribution in [2.75, 3.05) is 12.7 Å². The van der Waals surface area contributed by atoms with E-state index in [9.17, 15) is 9.36 Å². The number of hydrogen-bond donors (Lipinski definition) is 1. The summed E-state index contributed by atoms with van der Waals surface area (Å²) in [6.07, 6.45) is 3.11. The highest BCUT2D eigenvalue weighted by Crippen LogP contribution is 2.32. The summed E-state index contributed by atoms with van der Waals surface area (Å²) in [6.45, 7) is 1.89. The van der Waals surface area contributed by atoms with Gasteiger partial charge in [0.15, 0.2) is 18.0 Å². The maximum atomic E-state index is 12.3. The number of hydrogen-bond acceptors (Lipinski definition) is 5. The van der Waals surface area contributed by atoms with Gasteiger partial charge in [0.25, 0.3) is 0 Å². The molecule has 6 nitrogen and oxygen atoms in total. The third-order valence-electron chi connectivity index (χ3n) is 3.49. The Morgan fingerprint density at radius 1 is 1.41 bits per heavy atom. The molecule has 1 aromatic rings. The highest BCUT2D eigenvalue weighted by molar-refractivity contribution is 7.41. The predicted octanol–water partition coefficient (Wildman–Crippen LogP) is 2.47. The first-order chi connectivity index (χ1) is 10.6. The Kier molecular flexibility index (Phi) is 6.31. The molecule has 0 amide bonds. The van der Waals surface area contributed by atoms with Crippen LogP contribution < -0.4 is 10.6 Å². The number of nitrogens with zero attached hydrogens (tertiary/aromatic N) is 1. The average molecular weight is 325 g/mol. The fraction of sp³-hybridized carbons (Fsp3) is 0.533. The Morgan fingerprint density at radius 3 is 2.64 bits per heavy atom. The Balaban J connectivity index is 2.04. The first-order valence-electron chi connectivity index (χ1n) is 7.49. The lowest BCUT2D eigenvalue weighted by atomic mass is 9.96. The first-order valence-corrected chi connectivity index (χ1v) is 8.89. The van der Waals surface area contributed by atoms with Crippen molar-refractivity contribution in [3.8, 4) is 5.75 Å². The van der Waals surface area contributed by atoms with Gasteiger partial charge in [-0.3, -0.25) is 4.79 Å².